The van der Waals surface area contributed by atoms with Gasteiger partial charge >= 0.3 is 7.82 Å². The number of phosphoric ester groups is 1. The summed E-state index contributed by atoms with van der Waals surface area (Å²) >= 11 is 0. The van der Waals surface area contributed by atoms with Crippen LogP contribution in [-0.2, 0) is 18.4 Å². The van der Waals surface area contributed by atoms with E-state index in [1.165, 1.54) is 83.5 Å². The lowest BCUT2D eigenvalue weighted by molar-refractivity contribution is -0.870. The molecule has 0 aromatic carbocycles. The standard InChI is InChI=1S/C44H79N2O6P/c1-6-8-10-12-14-16-18-19-20-21-22-23-24-25-26-27-28-30-32-34-36-38-44(48)45-42(41-52-53(49,50)51-40-39-46(3,4)5)43(47)37-35-33-31-29-17-15-13-11-9-7-2/h20-21,23-24,26-27,30-33,35,37,42-43,47H,6-19,22,25,28-29,34,36,38-41H2,1-5H3,(H-,45,48,49,50)/p+1/b21-20+,24-23+,27-26+,32-30+,33-31+,37-35+/t42-,43+/m0/s1. The van der Waals surface area contributed by atoms with Gasteiger partial charge in [-0.15, -0.1) is 0 Å². The minimum absolute atomic E-state index is 0.0395. The number of amides is 1. The van der Waals surface area contributed by atoms with Crippen LogP contribution in [-0.4, -0.2) is 73.4 Å². The Balaban J connectivity index is 4.55. The van der Waals surface area contributed by atoms with Gasteiger partial charge in [-0.05, 0) is 57.8 Å². The molecule has 0 heterocycles. The van der Waals surface area contributed by atoms with Crippen molar-refractivity contribution in [1.29, 1.82) is 0 Å². The zero-order valence-electron chi connectivity index (χ0n) is 34.5. The van der Waals surface area contributed by atoms with Crippen LogP contribution in [0.25, 0.3) is 0 Å². The molecule has 0 aliphatic carbocycles. The van der Waals surface area contributed by atoms with Crippen molar-refractivity contribution < 1.29 is 32.9 Å². The van der Waals surface area contributed by atoms with Crippen LogP contribution in [0.3, 0.4) is 0 Å². The molecule has 0 aliphatic heterocycles. The molecule has 0 spiro atoms. The number of hydrogen-bond donors (Lipinski definition) is 3. The fourth-order valence-electron chi connectivity index (χ4n) is 5.32. The average molecular weight is 764 g/mol. The molecular formula is C44H80N2O6P+. The number of likely N-dealkylation sites (N-methyl/N-ethyl adjacent to an activating group) is 1. The largest absolute Gasteiger partial charge is 0.472 e. The fourth-order valence-corrected chi connectivity index (χ4v) is 6.06. The Hall–Kier alpha value is -2.06. The quantitative estimate of drug-likeness (QED) is 0.0193. The molecule has 1 amide bonds. The molecule has 0 fully saturated rings. The van der Waals surface area contributed by atoms with Crippen molar-refractivity contribution in [2.45, 2.75) is 161 Å². The van der Waals surface area contributed by atoms with Crippen LogP contribution in [0, 0.1) is 0 Å². The first-order chi connectivity index (χ1) is 25.5. The van der Waals surface area contributed by atoms with Crippen molar-refractivity contribution in [3.63, 3.8) is 0 Å². The third-order valence-corrected chi connectivity index (χ3v) is 9.69. The summed E-state index contributed by atoms with van der Waals surface area (Å²) in [6.45, 7) is 4.67. The molecule has 0 saturated heterocycles. The maximum absolute atomic E-state index is 12.8. The number of allylic oxidation sites excluding steroid dienone is 11. The van der Waals surface area contributed by atoms with E-state index in [1.54, 1.807) is 12.2 Å². The Kier molecular flexibility index (Phi) is 34.2. The first-order valence-corrected chi connectivity index (χ1v) is 22.3. The van der Waals surface area contributed by atoms with Gasteiger partial charge in [0.15, 0.2) is 0 Å². The molecule has 306 valence electrons. The van der Waals surface area contributed by atoms with Gasteiger partial charge in [-0.3, -0.25) is 13.8 Å². The number of unbranched alkanes of at least 4 members (excludes halogenated alkanes) is 14. The summed E-state index contributed by atoms with van der Waals surface area (Å²) in [5, 5.41) is 13.6. The van der Waals surface area contributed by atoms with E-state index in [2.05, 4.69) is 73.8 Å². The summed E-state index contributed by atoms with van der Waals surface area (Å²) < 4.78 is 23.4. The van der Waals surface area contributed by atoms with E-state index in [0.717, 1.165) is 38.5 Å². The van der Waals surface area contributed by atoms with Crippen LogP contribution in [0.4, 0.5) is 0 Å². The Bertz CT molecular complexity index is 1090. The number of nitrogens with zero attached hydrogens (tertiary/aromatic N) is 1. The monoisotopic (exact) mass is 764 g/mol. The molecule has 0 rings (SSSR count). The van der Waals surface area contributed by atoms with E-state index in [1.807, 2.05) is 27.2 Å². The number of hydrogen-bond acceptors (Lipinski definition) is 5. The van der Waals surface area contributed by atoms with E-state index in [-0.39, 0.29) is 25.5 Å². The maximum Gasteiger partial charge on any atom is 0.472 e. The maximum atomic E-state index is 12.8. The first kappa shape index (κ1) is 50.9. The van der Waals surface area contributed by atoms with Crippen LogP contribution in [0.2, 0.25) is 0 Å². The number of quaternary nitrogens is 1. The molecule has 0 bridgehead atoms. The van der Waals surface area contributed by atoms with Gasteiger partial charge in [-0.2, -0.15) is 0 Å². The van der Waals surface area contributed by atoms with Crippen molar-refractivity contribution in [2.24, 2.45) is 0 Å². The lowest BCUT2D eigenvalue weighted by Gasteiger charge is -2.25. The number of rotatable bonds is 36. The van der Waals surface area contributed by atoms with Crippen molar-refractivity contribution >= 4 is 13.7 Å². The Morgan fingerprint density at radius 1 is 0.660 bits per heavy atom. The second-order valence-corrected chi connectivity index (χ2v) is 16.5. The molecule has 3 N–H and O–H groups in total. The van der Waals surface area contributed by atoms with Crippen LogP contribution >= 0.6 is 7.82 Å². The van der Waals surface area contributed by atoms with Crippen LogP contribution < -0.4 is 5.32 Å². The average Bonchev–Trinajstić information content (AvgIpc) is 3.10. The van der Waals surface area contributed by atoms with Crippen molar-refractivity contribution in [1.82, 2.24) is 5.32 Å². The van der Waals surface area contributed by atoms with Crippen LogP contribution in [0.15, 0.2) is 72.9 Å². The molecule has 0 aromatic heterocycles. The molecular weight excluding hydrogens is 683 g/mol. The molecule has 3 atom stereocenters. The topological polar surface area (TPSA) is 105 Å². The molecule has 8 nitrogen and oxygen atoms in total. The Morgan fingerprint density at radius 3 is 1.66 bits per heavy atom. The molecule has 0 radical (unpaired) electrons. The third kappa shape index (κ3) is 38.0. The molecule has 0 aliphatic rings. The van der Waals surface area contributed by atoms with Gasteiger partial charge in [-0.25, -0.2) is 4.57 Å². The zero-order chi connectivity index (χ0) is 39.3. The van der Waals surface area contributed by atoms with Gasteiger partial charge in [0, 0.05) is 6.42 Å². The van der Waals surface area contributed by atoms with E-state index in [9.17, 15) is 19.4 Å². The van der Waals surface area contributed by atoms with Gasteiger partial charge < -0.3 is 19.8 Å². The number of carbonyl (C=O) groups excluding carboxylic acids is 1. The summed E-state index contributed by atoms with van der Waals surface area (Å²) in [6, 6.07) is -0.908. The van der Waals surface area contributed by atoms with Crippen molar-refractivity contribution in [3.05, 3.63) is 72.9 Å². The second-order valence-electron chi connectivity index (χ2n) is 15.0. The summed E-state index contributed by atoms with van der Waals surface area (Å²) in [6.07, 6.45) is 47.1. The fraction of sp³-hybridized carbons (Fsp3) is 0.705. The Labute approximate surface area is 325 Å². The van der Waals surface area contributed by atoms with E-state index in [4.69, 9.17) is 9.05 Å². The minimum atomic E-state index is -4.36. The number of aliphatic hydroxyl groups is 1. The minimum Gasteiger partial charge on any atom is -0.387 e. The van der Waals surface area contributed by atoms with Crippen molar-refractivity contribution in [3.8, 4) is 0 Å². The van der Waals surface area contributed by atoms with Gasteiger partial charge in [0.1, 0.15) is 13.2 Å². The summed E-state index contributed by atoms with van der Waals surface area (Å²) in [7, 11) is 1.50. The highest BCUT2D eigenvalue weighted by atomic mass is 31.2. The highest BCUT2D eigenvalue weighted by Crippen LogP contribution is 2.43. The van der Waals surface area contributed by atoms with Gasteiger partial charge in [0.25, 0.3) is 0 Å². The van der Waals surface area contributed by atoms with E-state index >= 15 is 0 Å². The highest BCUT2D eigenvalue weighted by Gasteiger charge is 2.27. The van der Waals surface area contributed by atoms with Crippen LogP contribution in [0.1, 0.15) is 149 Å². The SMILES string of the molecule is CCCCCCCC/C=C/C=C/[C@@H](O)[C@H](COP(=O)(O)OCC[N+](C)(C)C)NC(=O)CCC/C=C/C/C=C/C/C=C/C/C=C/CCCCCCCCC. The Morgan fingerprint density at radius 2 is 1.13 bits per heavy atom. The summed E-state index contributed by atoms with van der Waals surface area (Å²) in [5.41, 5.74) is 0. The van der Waals surface area contributed by atoms with Gasteiger partial charge in [-0.1, -0.05) is 157 Å². The molecule has 0 aromatic rings. The lowest BCUT2D eigenvalue weighted by Crippen LogP contribution is -2.45. The number of aliphatic hydroxyl groups excluding tert-OH is 1. The smallest absolute Gasteiger partial charge is 0.387 e. The predicted octanol–water partition coefficient (Wildman–Crippen LogP) is 11.2. The normalized spacial score (nSPS) is 15.2. The van der Waals surface area contributed by atoms with Gasteiger partial charge in [0.2, 0.25) is 5.91 Å². The van der Waals surface area contributed by atoms with E-state index < -0.39 is 20.0 Å². The highest BCUT2D eigenvalue weighted by molar-refractivity contribution is 7.47. The zero-order valence-corrected chi connectivity index (χ0v) is 35.4. The predicted molar refractivity (Wildman–Crippen MR) is 226 cm³/mol. The number of nitrogens with one attached hydrogen (secondary N) is 1. The molecule has 0 saturated carbocycles. The number of phosphoric acid groups is 1. The molecule has 9 heteroatoms. The third-order valence-electron chi connectivity index (χ3n) is 8.70. The van der Waals surface area contributed by atoms with E-state index in [0.29, 0.717) is 17.4 Å². The second kappa shape index (κ2) is 35.6. The van der Waals surface area contributed by atoms with Crippen molar-refractivity contribution in [2.75, 3.05) is 40.9 Å². The molecule has 1 unspecified atom stereocenters. The first-order valence-electron chi connectivity index (χ1n) is 20.8. The summed E-state index contributed by atoms with van der Waals surface area (Å²) in [5.74, 6) is -0.254. The van der Waals surface area contributed by atoms with Crippen LogP contribution in [0.5, 0.6) is 0 Å². The lowest BCUT2D eigenvalue weighted by atomic mass is 10.1. The number of carbonyl (C=O) groups is 1. The van der Waals surface area contributed by atoms with Gasteiger partial charge in [0.05, 0.1) is 39.9 Å². The molecule has 53 heavy (non-hydrogen) atoms. The summed E-state index contributed by atoms with van der Waals surface area (Å²) in [4.78, 5) is 23.0.